The van der Waals surface area contributed by atoms with E-state index in [-0.39, 0.29) is 42.6 Å². The van der Waals surface area contributed by atoms with Crippen molar-refractivity contribution in [3.8, 4) is 0 Å². The first kappa shape index (κ1) is 32.1. The maximum Gasteiger partial charge on any atom is 0.324 e. The zero-order valence-electron chi connectivity index (χ0n) is 23.5. The molecule has 2 saturated heterocycles. The number of nitrogens with two attached hydrogens (primary N) is 2. The first-order valence-corrected chi connectivity index (χ1v) is 19.1. The zero-order chi connectivity index (χ0) is 32.5. The highest BCUT2D eigenvalue weighted by atomic mass is 32.5. The Morgan fingerprint density at radius 2 is 1.78 bits per heavy atom. The summed E-state index contributed by atoms with van der Waals surface area (Å²) in [7, 11) is 0. The Morgan fingerprint density at radius 1 is 1.04 bits per heavy atom. The smallest absolute Gasteiger partial charge is 0.324 e. The van der Waals surface area contributed by atoms with Crippen LogP contribution in [0.25, 0.3) is 22.2 Å². The fourth-order valence-electron chi connectivity index (χ4n) is 6.30. The van der Waals surface area contributed by atoms with Crippen LogP contribution in [0.15, 0.2) is 29.7 Å². The van der Waals surface area contributed by atoms with Crippen LogP contribution in [0, 0.1) is 11.8 Å². The third kappa shape index (κ3) is 5.68. The molecular formula is C23H29N9O10P2S2. The van der Waals surface area contributed by atoms with Crippen LogP contribution < -0.4 is 17.0 Å². The first-order valence-electron chi connectivity index (χ1n) is 13.9. The van der Waals surface area contributed by atoms with Crippen molar-refractivity contribution >= 4 is 71.0 Å². The van der Waals surface area contributed by atoms with Crippen molar-refractivity contribution in [2.75, 3.05) is 31.3 Å². The number of H-pyrrole nitrogens is 1. The van der Waals surface area contributed by atoms with Gasteiger partial charge in [-0.1, -0.05) is 0 Å². The molecule has 3 fully saturated rings. The summed E-state index contributed by atoms with van der Waals surface area (Å²) < 4.78 is 32.6. The third-order valence-corrected chi connectivity index (χ3v) is 11.6. The normalized spacial score (nSPS) is 37.1. The maximum atomic E-state index is 12.4. The van der Waals surface area contributed by atoms with Crippen molar-refractivity contribution in [3.05, 3.63) is 35.3 Å². The van der Waals surface area contributed by atoms with Gasteiger partial charge in [0.1, 0.15) is 36.1 Å². The minimum absolute atomic E-state index is 0.0420. The molecule has 0 radical (unpaired) electrons. The van der Waals surface area contributed by atoms with Gasteiger partial charge in [-0.25, -0.2) is 15.0 Å². The number of aromatic amines is 1. The van der Waals surface area contributed by atoms with Crippen LogP contribution in [0.1, 0.15) is 18.7 Å². The molecule has 19 nitrogen and oxygen atoms in total. The molecule has 1 aliphatic carbocycles. The number of nitrogen functional groups attached to an aromatic ring is 2. The number of rotatable bonds is 3. The summed E-state index contributed by atoms with van der Waals surface area (Å²) in [5, 5.41) is 22.4. The fraction of sp³-hybridized carbons (Fsp3) is 0.522. The lowest BCUT2D eigenvalue weighted by Crippen LogP contribution is -2.33. The number of imidazole rings is 1. The van der Waals surface area contributed by atoms with Crippen LogP contribution in [-0.2, 0) is 46.4 Å². The molecule has 248 valence electrons. The van der Waals surface area contributed by atoms with E-state index in [1.807, 2.05) is 0 Å². The Labute approximate surface area is 268 Å². The lowest BCUT2D eigenvalue weighted by Gasteiger charge is -2.29. The molecule has 2 aliphatic heterocycles. The van der Waals surface area contributed by atoms with E-state index in [9.17, 15) is 24.8 Å². The van der Waals surface area contributed by atoms with Crippen LogP contribution in [0.5, 0.6) is 0 Å². The average Bonchev–Trinajstić information content (AvgIpc) is 3.75. The van der Waals surface area contributed by atoms with E-state index in [1.165, 1.54) is 17.2 Å². The number of aliphatic hydroxyl groups excluding tert-OH is 2. The third-order valence-electron chi connectivity index (χ3n) is 8.43. The standard InChI is InChI=1S/C23H29N9O10P2S2/c24-18-10-1-2-31(19(10)27-7-26-18)12-3-9-5-38-43(36,45)42-17-11(4-33)13(6-39-44(37,46)41-16(9)15(12)34)40-22(17)32-8-28-14-20(32)29-23(25)30-21(14)35/h1-2,7-9,11-13,15-17,22,33-34H,3-6H2,(H,36,45)(H,37,46)(H2,24,26,27)(H3,25,29,30,35)/t9-,11-,12-,13-,15+,16-,17-,22-,43?,44?/m1/s1. The quantitative estimate of drug-likeness (QED) is 0.130. The summed E-state index contributed by atoms with van der Waals surface area (Å²) in [6.07, 6.45) is -1.19. The van der Waals surface area contributed by atoms with Gasteiger partial charge in [0.15, 0.2) is 17.4 Å². The molecule has 7 rings (SSSR count). The predicted octanol–water partition coefficient (Wildman–Crippen LogP) is -0.593. The largest absolute Gasteiger partial charge is 0.396 e. The van der Waals surface area contributed by atoms with E-state index in [0.717, 1.165) is 0 Å². The summed E-state index contributed by atoms with van der Waals surface area (Å²) in [4.78, 5) is 53.8. The summed E-state index contributed by atoms with van der Waals surface area (Å²) in [5.41, 5.74) is 11.6. The predicted molar refractivity (Wildman–Crippen MR) is 167 cm³/mol. The van der Waals surface area contributed by atoms with E-state index < -0.39 is 74.1 Å². The Balaban J connectivity index is 1.22. The van der Waals surface area contributed by atoms with Gasteiger partial charge in [-0.05, 0) is 36.1 Å². The van der Waals surface area contributed by atoms with Crippen molar-refractivity contribution in [1.29, 1.82) is 0 Å². The Morgan fingerprint density at radius 3 is 2.54 bits per heavy atom. The molecule has 1 saturated carbocycles. The average molecular weight is 718 g/mol. The van der Waals surface area contributed by atoms with Gasteiger partial charge in [0.25, 0.3) is 5.56 Å². The number of hydrogen-bond donors (Lipinski definition) is 7. The SMILES string of the molecule is Nc1nc2c(ncn2[C@@H]2O[C@@H]3COP(O)(=S)O[C@@H]4[C@@H](COP(O)(=S)O[C@@H]2[C@@H]3CO)C[C@@H](n2ccc3c(N)ncnc32)[C@@H]4O)c(=O)[nH]1. The van der Waals surface area contributed by atoms with Crippen LogP contribution in [0.4, 0.5) is 11.8 Å². The highest BCUT2D eigenvalue weighted by Crippen LogP contribution is 2.56. The maximum absolute atomic E-state index is 12.4. The molecule has 2 bridgehead atoms. The second kappa shape index (κ2) is 11.9. The number of nitrogens with one attached hydrogen (secondary N) is 1. The lowest BCUT2D eigenvalue weighted by molar-refractivity contribution is -0.0534. The van der Waals surface area contributed by atoms with E-state index in [2.05, 4.69) is 24.9 Å². The van der Waals surface area contributed by atoms with Gasteiger partial charge in [-0.2, -0.15) is 4.98 Å². The van der Waals surface area contributed by atoms with E-state index >= 15 is 0 Å². The molecule has 0 amide bonds. The molecule has 4 aromatic rings. The van der Waals surface area contributed by atoms with Gasteiger partial charge in [-0.3, -0.25) is 14.3 Å². The number of nitrogens with zero attached hydrogens (tertiary/aromatic N) is 6. The summed E-state index contributed by atoms with van der Waals surface area (Å²) >= 11 is 10.7. The number of aliphatic hydroxyl groups is 2. The van der Waals surface area contributed by atoms with Crippen LogP contribution >= 0.6 is 13.4 Å². The van der Waals surface area contributed by atoms with Crippen LogP contribution in [0.3, 0.4) is 0 Å². The monoisotopic (exact) mass is 717 g/mol. The molecule has 6 heterocycles. The molecular weight excluding hydrogens is 688 g/mol. The second-order valence-electron chi connectivity index (χ2n) is 11.1. The van der Waals surface area contributed by atoms with Gasteiger partial charge in [0.05, 0.1) is 43.7 Å². The summed E-state index contributed by atoms with van der Waals surface area (Å²) in [6.45, 7) is -9.36. The van der Waals surface area contributed by atoms with E-state index in [4.69, 9.17) is 57.9 Å². The van der Waals surface area contributed by atoms with Gasteiger partial charge in [0.2, 0.25) is 5.95 Å². The fourth-order valence-corrected chi connectivity index (χ4v) is 9.27. The van der Waals surface area contributed by atoms with Gasteiger partial charge < -0.3 is 58.9 Å². The molecule has 9 N–H and O–H groups in total. The number of fused-ring (bicyclic) bond motifs is 5. The summed E-state index contributed by atoms with van der Waals surface area (Å²) in [5.74, 6) is -1.48. The van der Waals surface area contributed by atoms with E-state index in [1.54, 1.807) is 16.8 Å². The minimum Gasteiger partial charge on any atom is -0.396 e. The van der Waals surface area contributed by atoms with Crippen molar-refractivity contribution in [1.82, 2.24) is 34.1 Å². The second-order valence-corrected chi connectivity index (χ2v) is 16.7. The van der Waals surface area contributed by atoms with Crippen molar-refractivity contribution in [2.45, 2.75) is 43.1 Å². The van der Waals surface area contributed by atoms with Crippen molar-refractivity contribution in [2.24, 2.45) is 11.8 Å². The van der Waals surface area contributed by atoms with Gasteiger partial charge >= 0.3 is 13.4 Å². The molecule has 4 aromatic heterocycles. The highest BCUT2D eigenvalue weighted by molar-refractivity contribution is 8.07. The molecule has 3 aliphatic rings. The number of aromatic nitrogens is 7. The zero-order valence-corrected chi connectivity index (χ0v) is 27.0. The molecule has 10 atom stereocenters. The van der Waals surface area contributed by atoms with Crippen LogP contribution in [0.2, 0.25) is 0 Å². The first-order chi connectivity index (χ1) is 21.9. The highest BCUT2D eigenvalue weighted by Gasteiger charge is 2.52. The summed E-state index contributed by atoms with van der Waals surface area (Å²) in [6, 6.07) is 1.09. The molecule has 0 aromatic carbocycles. The topological polar surface area (TPSA) is 273 Å². The lowest BCUT2D eigenvalue weighted by atomic mass is 9.99. The van der Waals surface area contributed by atoms with Crippen molar-refractivity contribution < 1.29 is 42.8 Å². The number of ether oxygens (including phenoxy) is 1. The van der Waals surface area contributed by atoms with Gasteiger partial charge in [-0.15, -0.1) is 0 Å². The molecule has 2 unspecified atom stereocenters. The van der Waals surface area contributed by atoms with Crippen molar-refractivity contribution in [3.63, 3.8) is 0 Å². The molecule has 23 heteroatoms. The molecule has 0 spiro atoms. The minimum atomic E-state index is -4.10. The van der Waals surface area contributed by atoms with Gasteiger partial charge in [0, 0.05) is 18.0 Å². The Bertz CT molecular complexity index is 1960. The Hall–Kier alpha value is -2.49. The Kier molecular flexibility index (Phi) is 8.29. The molecule has 46 heavy (non-hydrogen) atoms. The van der Waals surface area contributed by atoms with Crippen LogP contribution in [-0.4, -0.2) is 98.3 Å². The van der Waals surface area contributed by atoms with E-state index in [0.29, 0.717) is 11.0 Å². The number of hydrogen-bond acceptors (Lipinski definition) is 16. The number of anilines is 2.